The molecule has 4 nitrogen and oxygen atoms in total. The number of nitrogens with one attached hydrogen (secondary N) is 2. The molecular weight excluding hydrogens is 168 g/mol. The topological polar surface area (TPSA) is 50.4 Å². The van der Waals surface area contributed by atoms with Gasteiger partial charge in [0.05, 0.1) is 6.04 Å². The van der Waals surface area contributed by atoms with Gasteiger partial charge in [0.25, 0.3) is 0 Å². The Morgan fingerprint density at radius 2 is 2.36 bits per heavy atom. The highest BCUT2D eigenvalue weighted by molar-refractivity contribution is 5.85. The van der Waals surface area contributed by atoms with Crippen molar-refractivity contribution < 1.29 is 9.53 Å². The van der Waals surface area contributed by atoms with Crippen LogP contribution in [0.1, 0.15) is 6.42 Å². The van der Waals surface area contributed by atoms with Gasteiger partial charge in [-0.25, -0.2) is 4.79 Å². The van der Waals surface area contributed by atoms with E-state index >= 15 is 0 Å². The molecule has 2 saturated heterocycles. The van der Waals surface area contributed by atoms with Gasteiger partial charge < -0.3 is 15.4 Å². The minimum absolute atomic E-state index is 0. The summed E-state index contributed by atoms with van der Waals surface area (Å²) in [7, 11) is 0. The Morgan fingerprint density at radius 3 is 3.09 bits per heavy atom. The first-order valence-electron chi connectivity index (χ1n) is 3.54. The van der Waals surface area contributed by atoms with Crippen LogP contribution in [0.4, 0.5) is 4.79 Å². The summed E-state index contributed by atoms with van der Waals surface area (Å²) in [5.74, 6) is 0. The monoisotopic (exact) mass is 178 g/mol. The van der Waals surface area contributed by atoms with Crippen LogP contribution in [-0.2, 0) is 4.74 Å². The van der Waals surface area contributed by atoms with E-state index in [1.165, 1.54) is 0 Å². The van der Waals surface area contributed by atoms with Gasteiger partial charge in [-0.15, -0.1) is 12.4 Å². The molecule has 1 amide bonds. The lowest BCUT2D eigenvalue weighted by Gasteiger charge is -2.22. The Balaban J connectivity index is 0.000000605. The largest absolute Gasteiger partial charge is 0.444 e. The van der Waals surface area contributed by atoms with Gasteiger partial charge in [0, 0.05) is 6.54 Å². The molecule has 2 fully saturated rings. The van der Waals surface area contributed by atoms with Crippen molar-refractivity contribution in [2.24, 2.45) is 0 Å². The highest BCUT2D eigenvalue weighted by Crippen LogP contribution is 2.13. The summed E-state index contributed by atoms with van der Waals surface area (Å²) in [5, 5.41) is 5.91. The smallest absolute Gasteiger partial charge is 0.407 e. The first kappa shape index (κ1) is 8.62. The maximum absolute atomic E-state index is 10.6. The van der Waals surface area contributed by atoms with E-state index in [1.54, 1.807) is 0 Å². The molecule has 0 aromatic heterocycles. The molecule has 0 aromatic carbocycles. The average Bonchev–Trinajstić information content (AvgIpc) is 2.27. The third kappa shape index (κ3) is 1.57. The molecule has 2 heterocycles. The summed E-state index contributed by atoms with van der Waals surface area (Å²) in [5.41, 5.74) is 0. The predicted molar refractivity (Wildman–Crippen MR) is 41.9 cm³/mol. The van der Waals surface area contributed by atoms with E-state index in [0.29, 0.717) is 0 Å². The summed E-state index contributed by atoms with van der Waals surface area (Å²) < 4.78 is 4.98. The molecule has 0 aromatic rings. The van der Waals surface area contributed by atoms with Crippen molar-refractivity contribution in [1.29, 1.82) is 0 Å². The average molecular weight is 179 g/mol. The molecule has 5 heteroatoms. The zero-order chi connectivity index (χ0) is 6.97. The van der Waals surface area contributed by atoms with Crippen LogP contribution in [0.3, 0.4) is 0 Å². The van der Waals surface area contributed by atoms with Gasteiger partial charge in [0.1, 0.15) is 6.10 Å². The summed E-state index contributed by atoms with van der Waals surface area (Å²) >= 11 is 0. The second kappa shape index (κ2) is 3.28. The standard InChI is InChI=1S/C6H10N2O2.ClH/c9-6-8-4-3-7-2-1-5(4)10-6;/h4-5,7H,1-3H2,(H,8,9);1H. The number of ether oxygens (including phenoxy) is 1. The quantitative estimate of drug-likeness (QED) is 0.544. The molecule has 0 radical (unpaired) electrons. The van der Waals surface area contributed by atoms with Gasteiger partial charge in [0.2, 0.25) is 0 Å². The number of hydrogen-bond acceptors (Lipinski definition) is 3. The lowest BCUT2D eigenvalue weighted by Crippen LogP contribution is -2.46. The van der Waals surface area contributed by atoms with Crippen LogP contribution in [0, 0.1) is 0 Å². The van der Waals surface area contributed by atoms with Crippen LogP contribution in [0.2, 0.25) is 0 Å². The minimum Gasteiger partial charge on any atom is -0.444 e. The second-order valence-electron chi connectivity index (χ2n) is 2.69. The number of amides is 1. The van der Waals surface area contributed by atoms with Crippen molar-refractivity contribution in [3.63, 3.8) is 0 Å². The Labute approximate surface area is 71.1 Å². The van der Waals surface area contributed by atoms with Crippen LogP contribution < -0.4 is 10.6 Å². The van der Waals surface area contributed by atoms with E-state index in [4.69, 9.17) is 4.74 Å². The Bertz CT molecular complexity index is 149. The van der Waals surface area contributed by atoms with Crippen LogP contribution in [0.5, 0.6) is 0 Å². The summed E-state index contributed by atoms with van der Waals surface area (Å²) in [6, 6.07) is 0.209. The summed E-state index contributed by atoms with van der Waals surface area (Å²) in [4.78, 5) is 10.6. The molecule has 0 spiro atoms. The number of hydrogen-bond donors (Lipinski definition) is 2. The molecule has 0 aliphatic carbocycles. The van der Waals surface area contributed by atoms with Gasteiger partial charge in [-0.05, 0) is 13.0 Å². The maximum Gasteiger partial charge on any atom is 0.407 e. The van der Waals surface area contributed by atoms with Gasteiger partial charge in [-0.1, -0.05) is 0 Å². The van der Waals surface area contributed by atoms with E-state index in [0.717, 1.165) is 19.5 Å². The highest BCUT2D eigenvalue weighted by atomic mass is 35.5. The minimum atomic E-state index is -0.265. The lowest BCUT2D eigenvalue weighted by molar-refractivity contribution is 0.117. The van der Waals surface area contributed by atoms with Crippen molar-refractivity contribution in [2.45, 2.75) is 18.6 Å². The highest BCUT2D eigenvalue weighted by Gasteiger charge is 2.35. The number of piperidine rings is 1. The first-order chi connectivity index (χ1) is 4.86. The normalized spacial score (nSPS) is 34.7. The van der Waals surface area contributed by atoms with E-state index in [-0.39, 0.29) is 30.6 Å². The number of carbonyl (C=O) groups excluding carboxylic acids is 1. The fourth-order valence-corrected chi connectivity index (χ4v) is 1.44. The molecule has 2 aliphatic heterocycles. The van der Waals surface area contributed by atoms with Crippen LogP contribution in [0.15, 0.2) is 0 Å². The SMILES string of the molecule is Cl.O=C1NC2CNCCC2O1. The number of halogens is 1. The molecule has 2 N–H and O–H groups in total. The van der Waals surface area contributed by atoms with Crippen molar-refractivity contribution in [2.75, 3.05) is 13.1 Å². The Hall–Kier alpha value is -0.480. The molecule has 11 heavy (non-hydrogen) atoms. The van der Waals surface area contributed by atoms with Crippen LogP contribution in [0.25, 0.3) is 0 Å². The van der Waals surface area contributed by atoms with E-state index in [2.05, 4.69) is 10.6 Å². The van der Waals surface area contributed by atoms with E-state index in [9.17, 15) is 4.79 Å². The zero-order valence-electron chi connectivity index (χ0n) is 6.00. The van der Waals surface area contributed by atoms with Crippen molar-refractivity contribution in [3.8, 4) is 0 Å². The van der Waals surface area contributed by atoms with Crippen LogP contribution >= 0.6 is 12.4 Å². The van der Waals surface area contributed by atoms with Crippen molar-refractivity contribution in [1.82, 2.24) is 10.6 Å². The number of fused-ring (bicyclic) bond motifs is 1. The third-order valence-electron chi connectivity index (χ3n) is 1.98. The lowest BCUT2D eigenvalue weighted by atomic mass is 10.1. The molecule has 2 rings (SSSR count). The number of carbonyl (C=O) groups is 1. The fraction of sp³-hybridized carbons (Fsp3) is 0.833. The molecule has 2 unspecified atom stereocenters. The number of alkyl carbamates (subject to hydrolysis) is 1. The summed E-state index contributed by atoms with van der Waals surface area (Å²) in [6.07, 6.45) is 0.788. The molecule has 0 saturated carbocycles. The molecule has 0 bridgehead atoms. The second-order valence-corrected chi connectivity index (χ2v) is 2.69. The van der Waals surface area contributed by atoms with Crippen molar-refractivity contribution >= 4 is 18.5 Å². The Morgan fingerprint density at radius 1 is 1.55 bits per heavy atom. The van der Waals surface area contributed by atoms with Gasteiger partial charge >= 0.3 is 6.09 Å². The Kier molecular flexibility index (Phi) is 2.57. The summed E-state index contributed by atoms with van der Waals surface area (Å²) in [6.45, 7) is 1.80. The third-order valence-corrected chi connectivity index (χ3v) is 1.98. The van der Waals surface area contributed by atoms with Crippen molar-refractivity contribution in [3.05, 3.63) is 0 Å². The van der Waals surface area contributed by atoms with E-state index < -0.39 is 0 Å². The van der Waals surface area contributed by atoms with Gasteiger partial charge in [-0.2, -0.15) is 0 Å². The molecular formula is C6H11ClN2O2. The molecule has 2 atom stereocenters. The number of rotatable bonds is 0. The fourth-order valence-electron chi connectivity index (χ4n) is 1.44. The zero-order valence-corrected chi connectivity index (χ0v) is 6.82. The van der Waals surface area contributed by atoms with Gasteiger partial charge in [0.15, 0.2) is 0 Å². The molecule has 2 aliphatic rings. The maximum atomic E-state index is 10.6. The van der Waals surface area contributed by atoms with Crippen LogP contribution in [-0.4, -0.2) is 31.3 Å². The first-order valence-corrected chi connectivity index (χ1v) is 3.54. The van der Waals surface area contributed by atoms with E-state index in [1.807, 2.05) is 0 Å². The van der Waals surface area contributed by atoms with Gasteiger partial charge in [-0.3, -0.25) is 0 Å². The predicted octanol–water partition coefficient (Wildman–Crippen LogP) is -0.121. The molecule has 64 valence electrons.